The molecule has 1 amide bonds. The number of benzene rings is 1. The van der Waals surface area contributed by atoms with Crippen LogP contribution in [-0.2, 0) is 4.79 Å². The van der Waals surface area contributed by atoms with Gasteiger partial charge in [-0.3, -0.25) is 4.79 Å². The maximum atomic E-state index is 11.7. The monoisotopic (exact) mass is 264 g/mol. The van der Waals surface area contributed by atoms with Crippen molar-refractivity contribution < 1.29 is 14.7 Å². The van der Waals surface area contributed by atoms with E-state index in [0.717, 1.165) is 5.56 Å². The molecule has 0 radical (unpaired) electrons. The number of aromatic carboxylic acids is 1. The zero-order chi connectivity index (χ0) is 14.6. The highest BCUT2D eigenvalue weighted by atomic mass is 16.4. The maximum Gasteiger partial charge on any atom is 0.337 e. The van der Waals surface area contributed by atoms with Gasteiger partial charge in [0, 0.05) is 19.3 Å². The van der Waals surface area contributed by atoms with Gasteiger partial charge >= 0.3 is 5.97 Å². The lowest BCUT2D eigenvalue weighted by atomic mass is 9.92. The molecule has 0 unspecified atom stereocenters. The van der Waals surface area contributed by atoms with Gasteiger partial charge < -0.3 is 15.7 Å². The van der Waals surface area contributed by atoms with Gasteiger partial charge in [-0.2, -0.15) is 0 Å². The highest BCUT2D eigenvalue weighted by Crippen LogP contribution is 2.21. The molecular weight excluding hydrogens is 244 g/mol. The summed E-state index contributed by atoms with van der Waals surface area (Å²) in [6.07, 6.45) is 0. The van der Waals surface area contributed by atoms with Crippen LogP contribution in [-0.4, -0.2) is 30.6 Å². The molecule has 0 aliphatic carbocycles. The van der Waals surface area contributed by atoms with Crippen LogP contribution in [0.25, 0.3) is 0 Å². The predicted octanol–water partition coefficient (Wildman–Crippen LogP) is 1.88. The molecule has 19 heavy (non-hydrogen) atoms. The lowest BCUT2D eigenvalue weighted by Crippen LogP contribution is -2.39. The van der Waals surface area contributed by atoms with Crippen molar-refractivity contribution >= 4 is 17.6 Å². The Morgan fingerprint density at radius 1 is 1.32 bits per heavy atom. The van der Waals surface area contributed by atoms with Crippen molar-refractivity contribution in [2.45, 2.75) is 20.8 Å². The molecule has 104 valence electrons. The summed E-state index contributed by atoms with van der Waals surface area (Å²) in [5.41, 5.74) is 1.01. The van der Waals surface area contributed by atoms with E-state index < -0.39 is 11.4 Å². The summed E-state index contributed by atoms with van der Waals surface area (Å²) in [4.78, 5) is 22.8. The molecule has 5 heteroatoms. The van der Waals surface area contributed by atoms with E-state index in [4.69, 9.17) is 5.11 Å². The first-order valence-electron chi connectivity index (χ1n) is 6.08. The van der Waals surface area contributed by atoms with Gasteiger partial charge in [0.05, 0.1) is 11.0 Å². The summed E-state index contributed by atoms with van der Waals surface area (Å²) in [6.45, 7) is 5.79. The minimum atomic E-state index is -0.982. The molecule has 0 spiro atoms. The van der Waals surface area contributed by atoms with Gasteiger partial charge in [-0.1, -0.05) is 11.6 Å². The van der Waals surface area contributed by atoms with E-state index in [1.165, 1.54) is 0 Å². The highest BCUT2D eigenvalue weighted by Gasteiger charge is 2.26. The summed E-state index contributed by atoms with van der Waals surface area (Å²) in [5, 5.41) is 14.8. The Balaban J connectivity index is 2.89. The first kappa shape index (κ1) is 15.0. The van der Waals surface area contributed by atoms with Crippen LogP contribution in [0.15, 0.2) is 18.2 Å². The summed E-state index contributed by atoms with van der Waals surface area (Å²) >= 11 is 0. The minimum Gasteiger partial charge on any atom is -0.478 e. The van der Waals surface area contributed by atoms with E-state index >= 15 is 0 Å². The van der Waals surface area contributed by atoms with Gasteiger partial charge in [0.15, 0.2) is 0 Å². The molecule has 0 aliphatic rings. The molecule has 5 nitrogen and oxygen atoms in total. The van der Waals surface area contributed by atoms with Gasteiger partial charge in [0.2, 0.25) is 5.91 Å². The molecule has 0 fully saturated rings. The summed E-state index contributed by atoms with van der Waals surface area (Å²) in [5.74, 6) is -1.08. The predicted molar refractivity (Wildman–Crippen MR) is 74.5 cm³/mol. The van der Waals surface area contributed by atoms with E-state index in [0.29, 0.717) is 12.2 Å². The number of carboxylic acids is 1. The van der Waals surface area contributed by atoms with Crippen molar-refractivity contribution in [3.8, 4) is 0 Å². The highest BCUT2D eigenvalue weighted by molar-refractivity contribution is 5.94. The van der Waals surface area contributed by atoms with Crippen LogP contribution < -0.4 is 10.6 Å². The van der Waals surface area contributed by atoms with Crippen LogP contribution in [0.1, 0.15) is 29.8 Å². The first-order valence-corrected chi connectivity index (χ1v) is 6.08. The zero-order valence-electron chi connectivity index (χ0n) is 11.7. The van der Waals surface area contributed by atoms with Gasteiger partial charge in [-0.15, -0.1) is 0 Å². The van der Waals surface area contributed by atoms with Crippen LogP contribution >= 0.6 is 0 Å². The fourth-order valence-corrected chi connectivity index (χ4v) is 1.72. The summed E-state index contributed by atoms with van der Waals surface area (Å²) in [7, 11) is 1.58. The van der Waals surface area contributed by atoms with Gasteiger partial charge in [-0.05, 0) is 32.9 Å². The summed E-state index contributed by atoms with van der Waals surface area (Å²) < 4.78 is 0. The SMILES string of the molecule is CNC(=O)C(C)(C)CNc1ccc(C)cc1C(=O)O. The second-order valence-electron chi connectivity index (χ2n) is 5.17. The Morgan fingerprint density at radius 3 is 2.47 bits per heavy atom. The standard InChI is InChI=1S/C14H20N2O3/c1-9-5-6-11(10(7-9)12(17)18)16-8-14(2,3)13(19)15-4/h5-7,16H,8H2,1-4H3,(H,15,19)(H,17,18). The van der Waals surface area contributed by atoms with Crippen LogP contribution in [0.2, 0.25) is 0 Å². The third-order valence-electron chi connectivity index (χ3n) is 2.97. The molecule has 0 atom stereocenters. The number of carbonyl (C=O) groups is 2. The molecular formula is C14H20N2O3. The Morgan fingerprint density at radius 2 is 1.95 bits per heavy atom. The average molecular weight is 264 g/mol. The Bertz CT molecular complexity index is 495. The van der Waals surface area contributed by atoms with E-state index in [-0.39, 0.29) is 11.5 Å². The van der Waals surface area contributed by atoms with E-state index in [9.17, 15) is 9.59 Å². The van der Waals surface area contributed by atoms with Crippen molar-refractivity contribution in [3.05, 3.63) is 29.3 Å². The number of hydrogen-bond donors (Lipinski definition) is 3. The Kier molecular flexibility index (Phi) is 4.53. The van der Waals surface area contributed by atoms with E-state index in [1.54, 1.807) is 33.0 Å². The molecule has 1 aromatic rings. The number of amides is 1. The third kappa shape index (κ3) is 3.71. The number of rotatable bonds is 5. The second-order valence-corrected chi connectivity index (χ2v) is 5.17. The normalized spacial score (nSPS) is 10.9. The van der Waals surface area contributed by atoms with E-state index in [1.807, 2.05) is 13.0 Å². The van der Waals surface area contributed by atoms with Crippen molar-refractivity contribution in [1.29, 1.82) is 0 Å². The Hall–Kier alpha value is -2.04. The lowest BCUT2D eigenvalue weighted by molar-refractivity contribution is -0.128. The largest absolute Gasteiger partial charge is 0.478 e. The smallest absolute Gasteiger partial charge is 0.337 e. The van der Waals surface area contributed by atoms with Crippen LogP contribution in [0.4, 0.5) is 5.69 Å². The van der Waals surface area contributed by atoms with Gasteiger partial charge in [0.1, 0.15) is 0 Å². The third-order valence-corrected chi connectivity index (χ3v) is 2.97. The molecule has 0 bridgehead atoms. The van der Waals surface area contributed by atoms with Crippen molar-refractivity contribution in [2.24, 2.45) is 5.41 Å². The molecule has 0 aromatic heterocycles. The van der Waals surface area contributed by atoms with Crippen molar-refractivity contribution in [2.75, 3.05) is 18.9 Å². The molecule has 1 aromatic carbocycles. The second kappa shape index (κ2) is 5.73. The van der Waals surface area contributed by atoms with Gasteiger partial charge in [-0.25, -0.2) is 4.79 Å². The summed E-state index contributed by atoms with van der Waals surface area (Å²) in [6, 6.07) is 5.16. The first-order chi connectivity index (χ1) is 8.77. The minimum absolute atomic E-state index is 0.0935. The van der Waals surface area contributed by atoms with Crippen molar-refractivity contribution in [1.82, 2.24) is 5.32 Å². The number of nitrogens with one attached hydrogen (secondary N) is 2. The average Bonchev–Trinajstić information content (AvgIpc) is 2.36. The quantitative estimate of drug-likeness (QED) is 0.758. The number of aryl methyl sites for hydroxylation is 1. The van der Waals surface area contributed by atoms with Crippen LogP contribution in [0.3, 0.4) is 0 Å². The number of hydrogen-bond acceptors (Lipinski definition) is 3. The number of carboxylic acid groups (broad SMARTS) is 1. The topological polar surface area (TPSA) is 78.4 Å². The molecule has 1 rings (SSSR count). The fraction of sp³-hybridized carbons (Fsp3) is 0.429. The zero-order valence-corrected chi connectivity index (χ0v) is 11.7. The maximum absolute atomic E-state index is 11.7. The fourth-order valence-electron chi connectivity index (χ4n) is 1.72. The van der Waals surface area contributed by atoms with Crippen molar-refractivity contribution in [3.63, 3.8) is 0 Å². The molecule has 0 saturated carbocycles. The van der Waals surface area contributed by atoms with Crippen LogP contribution in [0, 0.1) is 12.3 Å². The van der Waals surface area contributed by atoms with Crippen LogP contribution in [0.5, 0.6) is 0 Å². The van der Waals surface area contributed by atoms with Gasteiger partial charge in [0.25, 0.3) is 0 Å². The lowest BCUT2D eigenvalue weighted by Gasteiger charge is -2.24. The molecule has 0 heterocycles. The number of carbonyl (C=O) groups excluding carboxylic acids is 1. The number of anilines is 1. The molecule has 3 N–H and O–H groups in total. The Labute approximate surface area is 113 Å². The molecule has 0 aliphatic heterocycles. The van der Waals surface area contributed by atoms with E-state index in [2.05, 4.69) is 10.6 Å². The molecule has 0 saturated heterocycles.